The SMILES string of the molecule is O.O.O.O.[H-].[Na+].[SnH2]. The predicted molar refractivity (Wildman–Crippen MR) is 24.1 cm³/mol. The molecule has 0 aliphatic heterocycles. The molecule has 0 bridgehead atoms. The summed E-state index contributed by atoms with van der Waals surface area (Å²) in [5, 5.41) is 0. The summed E-state index contributed by atoms with van der Waals surface area (Å²) in [5.41, 5.74) is 0. The van der Waals surface area contributed by atoms with Gasteiger partial charge < -0.3 is 23.3 Å². The van der Waals surface area contributed by atoms with Crippen LogP contribution in [-0.2, 0) is 0 Å². The van der Waals surface area contributed by atoms with Gasteiger partial charge in [-0.25, -0.2) is 0 Å². The van der Waals surface area contributed by atoms with Gasteiger partial charge in [-0.05, 0) is 0 Å². The Balaban J connectivity index is 0. The summed E-state index contributed by atoms with van der Waals surface area (Å²) in [6, 6.07) is 0. The quantitative estimate of drug-likeness (QED) is 0.357. The fourth-order valence-electron chi connectivity index (χ4n) is 0. The second kappa shape index (κ2) is 78.6. The average molecular weight is 217 g/mol. The molecule has 0 rings (SSSR count). The minimum atomic E-state index is 0. The van der Waals surface area contributed by atoms with E-state index in [0.717, 1.165) is 0 Å². The third-order valence-electron chi connectivity index (χ3n) is 0. The third kappa shape index (κ3) is 45.2. The van der Waals surface area contributed by atoms with Gasteiger partial charge in [0.25, 0.3) is 0 Å². The van der Waals surface area contributed by atoms with Gasteiger partial charge in [0.15, 0.2) is 0 Å². The van der Waals surface area contributed by atoms with Gasteiger partial charge in [-0.1, -0.05) is 0 Å². The van der Waals surface area contributed by atoms with Crippen LogP contribution in [0.5, 0.6) is 0 Å². The van der Waals surface area contributed by atoms with Crippen LogP contribution in [0.25, 0.3) is 0 Å². The van der Waals surface area contributed by atoms with E-state index in [0.29, 0.717) is 0 Å². The van der Waals surface area contributed by atoms with Gasteiger partial charge in [0.1, 0.15) is 0 Å². The molecular formula is H11NaO4Sn. The zero-order valence-corrected chi connectivity index (χ0v) is 9.74. The Morgan fingerprint density at radius 1 is 0.667 bits per heavy atom. The van der Waals surface area contributed by atoms with Gasteiger partial charge in [-0.15, -0.1) is 0 Å². The summed E-state index contributed by atoms with van der Waals surface area (Å²) >= 11 is 0. The van der Waals surface area contributed by atoms with Crippen LogP contribution in [0.4, 0.5) is 0 Å². The maximum absolute atomic E-state index is 0. The first-order valence-electron chi connectivity index (χ1n) is 0. The van der Waals surface area contributed by atoms with Crippen LogP contribution in [0, 0.1) is 0 Å². The zero-order chi connectivity index (χ0) is 0. The van der Waals surface area contributed by atoms with Gasteiger partial charge in [-0.3, -0.25) is 0 Å². The van der Waals surface area contributed by atoms with Crippen LogP contribution < -0.4 is 29.6 Å². The van der Waals surface area contributed by atoms with Crippen molar-refractivity contribution >= 4 is 23.9 Å². The molecule has 0 aliphatic carbocycles. The van der Waals surface area contributed by atoms with Crippen molar-refractivity contribution in [1.29, 1.82) is 0 Å². The Labute approximate surface area is 76.3 Å². The molecule has 4 nitrogen and oxygen atoms in total. The fourth-order valence-corrected chi connectivity index (χ4v) is 0. The average Bonchev–Trinajstić information content (AvgIpc) is 0. The molecular weight excluding hydrogens is 206 g/mol. The molecule has 0 spiro atoms. The first-order valence-corrected chi connectivity index (χ1v) is 0. The zero-order valence-electron chi connectivity index (χ0n) is 4.71. The van der Waals surface area contributed by atoms with Crippen LogP contribution in [0.1, 0.15) is 1.43 Å². The molecule has 0 atom stereocenters. The van der Waals surface area contributed by atoms with E-state index in [4.69, 9.17) is 0 Å². The van der Waals surface area contributed by atoms with E-state index in [2.05, 4.69) is 0 Å². The predicted octanol–water partition coefficient (Wildman–Crippen LogP) is -7.10. The van der Waals surface area contributed by atoms with Gasteiger partial charge in [-0.2, -0.15) is 0 Å². The van der Waals surface area contributed by atoms with E-state index < -0.39 is 0 Å². The Morgan fingerprint density at radius 2 is 0.667 bits per heavy atom. The van der Waals surface area contributed by atoms with E-state index in [1.165, 1.54) is 0 Å². The number of rotatable bonds is 0. The van der Waals surface area contributed by atoms with E-state index in [9.17, 15) is 0 Å². The molecule has 0 heterocycles. The Bertz CT molecular complexity index is 11.7. The van der Waals surface area contributed by atoms with Crippen LogP contribution in [0.3, 0.4) is 0 Å². The number of hydrogen-bond acceptors (Lipinski definition) is 0. The maximum atomic E-state index is 0. The standard InChI is InChI=1S/Na.4H2O.Sn.3H/h;4*1H2;;;;/q+1;;;;;;;;-1. The Hall–Kier alpha value is 1.64. The molecule has 8 N–H and O–H groups in total. The van der Waals surface area contributed by atoms with E-state index in [1.54, 1.807) is 0 Å². The van der Waals surface area contributed by atoms with Gasteiger partial charge in [0, 0.05) is 0 Å². The molecule has 40 valence electrons. The summed E-state index contributed by atoms with van der Waals surface area (Å²) in [7, 11) is 0. The van der Waals surface area contributed by atoms with Crippen molar-refractivity contribution in [2.24, 2.45) is 0 Å². The molecule has 0 amide bonds. The monoisotopic (exact) mass is 218 g/mol. The summed E-state index contributed by atoms with van der Waals surface area (Å²) in [4.78, 5) is 0. The van der Waals surface area contributed by atoms with Crippen molar-refractivity contribution < 1.29 is 52.9 Å². The molecule has 6 heteroatoms. The summed E-state index contributed by atoms with van der Waals surface area (Å²) in [6.07, 6.45) is 0. The van der Waals surface area contributed by atoms with Crippen molar-refractivity contribution in [3.8, 4) is 0 Å². The first-order chi connectivity index (χ1) is 0. The Kier molecular flexibility index (Phi) is 1640. The van der Waals surface area contributed by atoms with Crippen molar-refractivity contribution in [2.75, 3.05) is 0 Å². The molecule has 0 aromatic carbocycles. The van der Waals surface area contributed by atoms with E-state index >= 15 is 0 Å². The molecule has 0 saturated heterocycles. The van der Waals surface area contributed by atoms with E-state index in [-0.39, 0.29) is 76.8 Å². The second-order valence-corrected chi connectivity index (χ2v) is 0. The van der Waals surface area contributed by atoms with Crippen molar-refractivity contribution in [2.45, 2.75) is 0 Å². The van der Waals surface area contributed by atoms with Crippen LogP contribution in [-0.4, -0.2) is 45.8 Å². The fraction of sp³-hybridized carbons (Fsp3) is 0. The first kappa shape index (κ1) is 125. The topological polar surface area (TPSA) is 126 Å². The van der Waals surface area contributed by atoms with Gasteiger partial charge >= 0.3 is 53.5 Å². The molecule has 2 radical (unpaired) electrons. The Morgan fingerprint density at radius 3 is 0.667 bits per heavy atom. The summed E-state index contributed by atoms with van der Waals surface area (Å²) in [5.74, 6) is 0. The molecule has 0 aliphatic rings. The van der Waals surface area contributed by atoms with Gasteiger partial charge in [0.05, 0.1) is 0 Å². The van der Waals surface area contributed by atoms with Crippen LogP contribution >= 0.6 is 0 Å². The minimum absolute atomic E-state index is 0. The summed E-state index contributed by atoms with van der Waals surface area (Å²) in [6.45, 7) is 0. The van der Waals surface area contributed by atoms with Crippen molar-refractivity contribution in [1.82, 2.24) is 0 Å². The molecule has 0 fully saturated rings. The molecule has 0 saturated carbocycles. The molecule has 0 aromatic rings. The molecule has 0 unspecified atom stereocenters. The number of hydrogen-bond donors (Lipinski definition) is 0. The van der Waals surface area contributed by atoms with Crippen molar-refractivity contribution in [3.05, 3.63) is 0 Å². The molecule has 6 heavy (non-hydrogen) atoms. The normalized spacial score (nSPS) is 0. The summed E-state index contributed by atoms with van der Waals surface area (Å²) < 4.78 is 0. The van der Waals surface area contributed by atoms with Crippen LogP contribution in [0.15, 0.2) is 0 Å². The van der Waals surface area contributed by atoms with Gasteiger partial charge in [0.2, 0.25) is 0 Å². The third-order valence-corrected chi connectivity index (χ3v) is 0. The molecule has 0 aromatic heterocycles. The van der Waals surface area contributed by atoms with Crippen molar-refractivity contribution in [3.63, 3.8) is 0 Å². The van der Waals surface area contributed by atoms with Crippen LogP contribution in [0.2, 0.25) is 0 Å². The van der Waals surface area contributed by atoms with E-state index in [1.807, 2.05) is 0 Å². The second-order valence-electron chi connectivity index (χ2n) is 0.